The number of nitrogens with zero attached hydrogens (tertiary/aromatic N) is 1. The number of carbonyl (C=O) groups is 1. The maximum absolute atomic E-state index is 12.7. The standard InChI is InChI=1S/C53H104NO7P/c1-6-8-10-12-14-16-18-20-22-24-26-27-28-29-31-33-35-37-39-41-43-45-48-58-50-52(51-60-62(56,57)59-49-47-54(3,4)5)61-53(55)46-44-42-40-38-36-34-32-30-25-23-21-19-17-15-13-11-9-7-2/h23-26,52H,6-22,27-51H2,1-5H3/b25-23-,26-24-. The van der Waals surface area contributed by atoms with Gasteiger partial charge in [-0.2, -0.15) is 0 Å². The smallest absolute Gasteiger partial charge is 0.306 e. The molecule has 8 nitrogen and oxygen atoms in total. The Bertz CT molecular complexity index is 1050. The molecule has 0 amide bonds. The summed E-state index contributed by atoms with van der Waals surface area (Å²) in [5, 5.41) is 0. The molecular weight excluding hydrogens is 794 g/mol. The zero-order valence-electron chi connectivity index (χ0n) is 41.8. The maximum Gasteiger partial charge on any atom is 0.306 e. The zero-order chi connectivity index (χ0) is 45.5. The number of unbranched alkanes of at least 4 members (excludes halogenated alkanes) is 32. The monoisotopic (exact) mass is 898 g/mol. The normalized spacial score (nSPS) is 13.7. The van der Waals surface area contributed by atoms with Gasteiger partial charge >= 0.3 is 5.97 Å². The predicted octanol–water partition coefficient (Wildman–Crippen LogP) is 15.7. The average Bonchev–Trinajstić information content (AvgIpc) is 3.23. The van der Waals surface area contributed by atoms with E-state index in [9.17, 15) is 14.3 Å². The molecule has 0 aromatic rings. The number of likely N-dealkylation sites (N-methyl/N-ethyl adjacent to an activating group) is 1. The minimum atomic E-state index is -4.53. The summed E-state index contributed by atoms with van der Waals surface area (Å²) < 4.78 is 34.8. The second-order valence-corrected chi connectivity index (χ2v) is 20.6. The first-order chi connectivity index (χ1) is 30.1. The predicted molar refractivity (Wildman–Crippen MR) is 264 cm³/mol. The molecule has 368 valence electrons. The highest BCUT2D eigenvalue weighted by molar-refractivity contribution is 7.45. The van der Waals surface area contributed by atoms with E-state index in [1.807, 2.05) is 21.1 Å². The van der Waals surface area contributed by atoms with Crippen LogP contribution >= 0.6 is 7.82 Å². The molecule has 62 heavy (non-hydrogen) atoms. The quantitative estimate of drug-likeness (QED) is 0.0197. The van der Waals surface area contributed by atoms with E-state index in [0.717, 1.165) is 32.1 Å². The Kier molecular flexibility index (Phi) is 45.7. The third-order valence-corrected chi connectivity index (χ3v) is 12.7. The molecule has 0 saturated carbocycles. The van der Waals surface area contributed by atoms with Gasteiger partial charge in [0.2, 0.25) is 0 Å². The average molecular weight is 898 g/mol. The number of quaternary nitrogens is 1. The molecule has 2 atom stereocenters. The molecular formula is C53H104NO7P. The highest BCUT2D eigenvalue weighted by Crippen LogP contribution is 2.38. The Balaban J connectivity index is 4.10. The Morgan fingerprint density at radius 1 is 0.484 bits per heavy atom. The molecule has 0 rings (SSSR count). The van der Waals surface area contributed by atoms with Gasteiger partial charge in [0.05, 0.1) is 34.4 Å². The lowest BCUT2D eigenvalue weighted by Crippen LogP contribution is -2.37. The SMILES string of the molecule is CCCCCCCCC/C=C\CCCCCCCCCC(=O)OC(COCCCCCCCCCCCC/C=C\CCCCCCCCCC)COP(=O)([O-])OCC[N+](C)(C)C. The molecule has 0 N–H and O–H groups in total. The minimum Gasteiger partial charge on any atom is -0.756 e. The summed E-state index contributed by atoms with van der Waals surface area (Å²) in [6.45, 7) is 5.45. The molecule has 0 heterocycles. The summed E-state index contributed by atoms with van der Waals surface area (Å²) in [5.74, 6) is -0.335. The van der Waals surface area contributed by atoms with Gasteiger partial charge in [-0.1, -0.05) is 205 Å². The molecule has 0 radical (unpaired) electrons. The Labute approximate surface area is 385 Å². The van der Waals surface area contributed by atoms with Crippen molar-refractivity contribution >= 4 is 13.8 Å². The number of hydrogen-bond donors (Lipinski definition) is 0. The van der Waals surface area contributed by atoms with E-state index in [2.05, 4.69) is 38.2 Å². The van der Waals surface area contributed by atoms with E-state index in [4.69, 9.17) is 18.5 Å². The highest BCUT2D eigenvalue weighted by Gasteiger charge is 2.20. The van der Waals surface area contributed by atoms with Crippen LogP contribution in [0.4, 0.5) is 0 Å². The first-order valence-corrected chi connectivity index (χ1v) is 28.0. The molecule has 0 aliphatic heterocycles. The van der Waals surface area contributed by atoms with Gasteiger partial charge < -0.3 is 27.9 Å². The van der Waals surface area contributed by atoms with Gasteiger partial charge in [0.25, 0.3) is 7.82 Å². The van der Waals surface area contributed by atoms with Gasteiger partial charge in [0, 0.05) is 13.0 Å². The summed E-state index contributed by atoms with van der Waals surface area (Å²) in [6, 6.07) is 0. The minimum absolute atomic E-state index is 0.0267. The fourth-order valence-corrected chi connectivity index (χ4v) is 8.33. The number of ether oxygens (including phenoxy) is 2. The van der Waals surface area contributed by atoms with Crippen LogP contribution < -0.4 is 4.89 Å². The summed E-state index contributed by atoms with van der Waals surface area (Å²) in [7, 11) is 1.36. The van der Waals surface area contributed by atoms with Crippen molar-refractivity contribution in [3.05, 3.63) is 24.3 Å². The van der Waals surface area contributed by atoms with Crippen LogP contribution in [0.1, 0.15) is 251 Å². The van der Waals surface area contributed by atoms with Crippen LogP contribution in [0, 0.1) is 0 Å². The number of phosphoric acid groups is 1. The fourth-order valence-electron chi connectivity index (χ4n) is 7.60. The number of rotatable bonds is 50. The van der Waals surface area contributed by atoms with Gasteiger partial charge in [0.15, 0.2) is 0 Å². The van der Waals surface area contributed by atoms with Crippen LogP contribution in [-0.2, 0) is 27.9 Å². The van der Waals surface area contributed by atoms with Gasteiger partial charge in [-0.25, -0.2) is 0 Å². The maximum atomic E-state index is 12.7. The fraction of sp³-hybridized carbons (Fsp3) is 0.906. The molecule has 0 aliphatic rings. The number of carbonyl (C=O) groups excluding carboxylic acids is 1. The van der Waals surface area contributed by atoms with Crippen molar-refractivity contribution in [3.8, 4) is 0 Å². The van der Waals surface area contributed by atoms with Crippen LogP contribution in [0.2, 0.25) is 0 Å². The molecule has 0 bridgehead atoms. The first-order valence-electron chi connectivity index (χ1n) is 26.6. The summed E-state index contributed by atoms with van der Waals surface area (Å²) in [4.78, 5) is 25.2. The third kappa shape index (κ3) is 50.0. The Morgan fingerprint density at radius 3 is 1.23 bits per heavy atom. The molecule has 2 unspecified atom stereocenters. The lowest BCUT2D eigenvalue weighted by atomic mass is 10.1. The first kappa shape index (κ1) is 61.0. The third-order valence-electron chi connectivity index (χ3n) is 11.7. The molecule has 0 saturated heterocycles. The molecule has 0 aromatic heterocycles. The number of esters is 1. The van der Waals surface area contributed by atoms with E-state index < -0.39 is 13.9 Å². The van der Waals surface area contributed by atoms with Crippen LogP contribution in [0.5, 0.6) is 0 Å². The van der Waals surface area contributed by atoms with Gasteiger partial charge in [0.1, 0.15) is 19.3 Å². The van der Waals surface area contributed by atoms with E-state index in [0.29, 0.717) is 24.1 Å². The number of phosphoric ester groups is 1. The Morgan fingerprint density at radius 2 is 0.839 bits per heavy atom. The topological polar surface area (TPSA) is 94.1 Å². The van der Waals surface area contributed by atoms with Crippen molar-refractivity contribution in [1.29, 1.82) is 0 Å². The molecule has 0 fully saturated rings. The van der Waals surface area contributed by atoms with Crippen molar-refractivity contribution in [2.75, 3.05) is 54.1 Å². The summed E-state index contributed by atoms with van der Waals surface area (Å²) >= 11 is 0. The van der Waals surface area contributed by atoms with Crippen LogP contribution in [0.15, 0.2) is 24.3 Å². The molecule has 0 spiro atoms. The van der Waals surface area contributed by atoms with E-state index in [-0.39, 0.29) is 25.8 Å². The molecule has 9 heteroatoms. The van der Waals surface area contributed by atoms with Gasteiger partial charge in [-0.05, 0) is 64.2 Å². The van der Waals surface area contributed by atoms with Crippen LogP contribution in [-0.4, -0.2) is 70.7 Å². The summed E-state index contributed by atoms with van der Waals surface area (Å²) in [5.41, 5.74) is 0. The van der Waals surface area contributed by atoms with Crippen LogP contribution in [0.25, 0.3) is 0 Å². The Hall–Kier alpha value is -1.02. The van der Waals surface area contributed by atoms with Crippen molar-refractivity contribution in [2.24, 2.45) is 0 Å². The second-order valence-electron chi connectivity index (χ2n) is 19.2. The molecule has 0 aromatic carbocycles. The lowest BCUT2D eigenvalue weighted by molar-refractivity contribution is -0.870. The zero-order valence-corrected chi connectivity index (χ0v) is 42.7. The summed E-state index contributed by atoms with van der Waals surface area (Å²) in [6.07, 6.45) is 54.9. The van der Waals surface area contributed by atoms with Crippen molar-refractivity contribution in [2.45, 2.75) is 258 Å². The lowest BCUT2D eigenvalue weighted by Gasteiger charge is -2.28. The van der Waals surface area contributed by atoms with E-state index in [1.54, 1.807) is 0 Å². The number of hydrogen-bond acceptors (Lipinski definition) is 7. The van der Waals surface area contributed by atoms with Crippen molar-refractivity contribution < 1.29 is 37.3 Å². The highest BCUT2D eigenvalue weighted by atomic mass is 31.2. The number of allylic oxidation sites excluding steroid dienone is 4. The van der Waals surface area contributed by atoms with E-state index in [1.165, 1.54) is 199 Å². The largest absolute Gasteiger partial charge is 0.756 e. The van der Waals surface area contributed by atoms with Gasteiger partial charge in [-0.15, -0.1) is 0 Å². The van der Waals surface area contributed by atoms with Crippen LogP contribution in [0.3, 0.4) is 0 Å². The van der Waals surface area contributed by atoms with Crippen molar-refractivity contribution in [1.82, 2.24) is 0 Å². The van der Waals surface area contributed by atoms with E-state index >= 15 is 0 Å². The van der Waals surface area contributed by atoms with Crippen molar-refractivity contribution in [3.63, 3.8) is 0 Å². The van der Waals surface area contributed by atoms with Gasteiger partial charge in [-0.3, -0.25) is 9.36 Å². The second kappa shape index (κ2) is 46.5. The molecule has 0 aliphatic carbocycles.